The highest BCUT2D eigenvalue weighted by molar-refractivity contribution is 7.08. The lowest BCUT2D eigenvalue weighted by Gasteiger charge is -2.46. The number of likely N-dealkylation sites (tertiary alicyclic amines) is 1. The minimum Gasteiger partial charge on any atom is -0.363 e. The largest absolute Gasteiger partial charge is 0.363 e. The van der Waals surface area contributed by atoms with Crippen LogP contribution in [0.3, 0.4) is 0 Å². The molecule has 24 heavy (non-hydrogen) atoms. The molecular formula is C18H21N3O2S. The van der Waals surface area contributed by atoms with Gasteiger partial charge in [0.15, 0.2) is 0 Å². The number of carbonyl (C=O) groups is 1. The Balaban J connectivity index is 1.40. The predicted molar refractivity (Wildman–Crippen MR) is 94.1 cm³/mol. The highest BCUT2D eigenvalue weighted by Gasteiger charge is 2.42. The average molecular weight is 343 g/mol. The van der Waals surface area contributed by atoms with Gasteiger partial charge in [-0.1, -0.05) is 6.07 Å². The standard InChI is InChI=1S/C18H21N3O2S/c22-17-12-23-18(14-21(17)16-3-9-24-13-16)4-7-20(8-5-18)11-15-2-1-6-19-10-15/h1-3,6,9-10,13H,4-5,7-8,11-12,14H2. The van der Waals surface area contributed by atoms with Crippen LogP contribution in [0.25, 0.3) is 0 Å². The molecule has 126 valence electrons. The van der Waals surface area contributed by atoms with E-state index in [0.29, 0.717) is 6.54 Å². The molecule has 2 aromatic rings. The summed E-state index contributed by atoms with van der Waals surface area (Å²) in [6.45, 7) is 3.76. The van der Waals surface area contributed by atoms with Crippen molar-refractivity contribution in [3.63, 3.8) is 0 Å². The minimum absolute atomic E-state index is 0.0665. The maximum Gasteiger partial charge on any atom is 0.253 e. The molecule has 2 aromatic heterocycles. The van der Waals surface area contributed by atoms with E-state index in [4.69, 9.17) is 4.74 Å². The van der Waals surface area contributed by atoms with Gasteiger partial charge in [0.2, 0.25) is 0 Å². The van der Waals surface area contributed by atoms with E-state index >= 15 is 0 Å². The van der Waals surface area contributed by atoms with E-state index in [0.717, 1.165) is 38.2 Å². The lowest BCUT2D eigenvalue weighted by atomic mass is 9.89. The zero-order chi connectivity index (χ0) is 16.4. The highest BCUT2D eigenvalue weighted by Crippen LogP contribution is 2.33. The Kier molecular flexibility index (Phi) is 4.35. The fourth-order valence-electron chi connectivity index (χ4n) is 3.53. The molecule has 2 saturated heterocycles. The van der Waals surface area contributed by atoms with Gasteiger partial charge in [-0.3, -0.25) is 14.7 Å². The molecule has 2 aliphatic rings. The van der Waals surface area contributed by atoms with Gasteiger partial charge in [0.05, 0.1) is 17.8 Å². The third-order valence-electron chi connectivity index (χ3n) is 4.96. The lowest BCUT2D eigenvalue weighted by molar-refractivity contribution is -0.144. The molecule has 0 aromatic carbocycles. The molecular weight excluding hydrogens is 322 g/mol. The Bertz CT molecular complexity index is 682. The van der Waals surface area contributed by atoms with Gasteiger partial charge >= 0.3 is 0 Å². The smallest absolute Gasteiger partial charge is 0.253 e. The van der Waals surface area contributed by atoms with Crippen molar-refractivity contribution >= 4 is 22.9 Å². The fraction of sp³-hybridized carbons (Fsp3) is 0.444. The molecule has 6 heteroatoms. The van der Waals surface area contributed by atoms with E-state index < -0.39 is 0 Å². The third-order valence-corrected chi connectivity index (χ3v) is 5.63. The number of amides is 1. The second-order valence-electron chi connectivity index (χ2n) is 6.57. The van der Waals surface area contributed by atoms with Crippen molar-refractivity contribution in [3.05, 3.63) is 46.9 Å². The average Bonchev–Trinajstić information content (AvgIpc) is 3.15. The number of anilines is 1. The van der Waals surface area contributed by atoms with Crippen LogP contribution in [-0.2, 0) is 16.1 Å². The van der Waals surface area contributed by atoms with Crippen molar-refractivity contribution in [2.24, 2.45) is 0 Å². The number of aromatic nitrogens is 1. The molecule has 0 atom stereocenters. The van der Waals surface area contributed by atoms with E-state index in [1.807, 2.05) is 34.0 Å². The van der Waals surface area contributed by atoms with Crippen molar-refractivity contribution in [1.82, 2.24) is 9.88 Å². The molecule has 0 aliphatic carbocycles. The molecule has 0 saturated carbocycles. The number of carbonyl (C=O) groups excluding carboxylic acids is 1. The van der Waals surface area contributed by atoms with Gasteiger partial charge in [-0.15, -0.1) is 0 Å². The number of nitrogens with zero attached hydrogens (tertiary/aromatic N) is 3. The number of pyridine rings is 1. The van der Waals surface area contributed by atoms with Gasteiger partial charge in [-0.05, 0) is 35.9 Å². The fourth-order valence-corrected chi connectivity index (χ4v) is 4.17. The summed E-state index contributed by atoms with van der Waals surface area (Å²) in [6, 6.07) is 6.11. The van der Waals surface area contributed by atoms with Crippen molar-refractivity contribution in [2.45, 2.75) is 25.0 Å². The van der Waals surface area contributed by atoms with E-state index in [9.17, 15) is 4.79 Å². The summed E-state index contributed by atoms with van der Waals surface area (Å²) in [5.41, 5.74) is 2.06. The van der Waals surface area contributed by atoms with Gasteiger partial charge in [0.1, 0.15) is 6.61 Å². The van der Waals surface area contributed by atoms with Crippen LogP contribution >= 0.6 is 11.3 Å². The van der Waals surface area contributed by atoms with Crippen LogP contribution in [0.2, 0.25) is 0 Å². The van der Waals surface area contributed by atoms with E-state index in [1.165, 1.54) is 5.56 Å². The first-order valence-corrected chi connectivity index (χ1v) is 9.26. The van der Waals surface area contributed by atoms with Crippen molar-refractivity contribution < 1.29 is 9.53 Å². The molecule has 1 amide bonds. The number of ether oxygens (including phenoxy) is 1. The molecule has 1 spiro atoms. The van der Waals surface area contributed by atoms with E-state index in [1.54, 1.807) is 17.5 Å². The van der Waals surface area contributed by atoms with E-state index in [-0.39, 0.29) is 18.1 Å². The lowest BCUT2D eigenvalue weighted by Crippen LogP contribution is -2.58. The summed E-state index contributed by atoms with van der Waals surface area (Å²) in [5.74, 6) is 0.0665. The molecule has 5 nitrogen and oxygen atoms in total. The first-order valence-electron chi connectivity index (χ1n) is 8.32. The van der Waals surface area contributed by atoms with Crippen LogP contribution in [0.5, 0.6) is 0 Å². The molecule has 2 fully saturated rings. The Morgan fingerprint density at radius 1 is 1.29 bits per heavy atom. The Morgan fingerprint density at radius 3 is 2.88 bits per heavy atom. The first kappa shape index (κ1) is 15.7. The summed E-state index contributed by atoms with van der Waals surface area (Å²) in [6.07, 6.45) is 5.65. The van der Waals surface area contributed by atoms with Crippen LogP contribution in [0, 0.1) is 0 Å². The second-order valence-corrected chi connectivity index (χ2v) is 7.35. The maximum absolute atomic E-state index is 12.2. The second kappa shape index (κ2) is 6.63. The number of hydrogen-bond acceptors (Lipinski definition) is 5. The first-order chi connectivity index (χ1) is 11.7. The minimum atomic E-state index is -0.193. The molecule has 0 unspecified atom stereocenters. The predicted octanol–water partition coefficient (Wildman–Crippen LogP) is 2.54. The molecule has 0 radical (unpaired) electrons. The van der Waals surface area contributed by atoms with Crippen LogP contribution < -0.4 is 4.90 Å². The number of piperidine rings is 1. The maximum atomic E-state index is 12.2. The van der Waals surface area contributed by atoms with Crippen molar-refractivity contribution in [1.29, 1.82) is 0 Å². The molecule has 0 bridgehead atoms. The van der Waals surface area contributed by atoms with Gasteiger partial charge in [0.25, 0.3) is 5.91 Å². The summed E-state index contributed by atoms with van der Waals surface area (Å²) in [4.78, 5) is 20.7. The summed E-state index contributed by atoms with van der Waals surface area (Å²) >= 11 is 1.62. The van der Waals surface area contributed by atoms with Gasteiger partial charge in [-0.2, -0.15) is 11.3 Å². The zero-order valence-corrected chi connectivity index (χ0v) is 14.4. The van der Waals surface area contributed by atoms with Crippen LogP contribution in [0.1, 0.15) is 18.4 Å². The van der Waals surface area contributed by atoms with Crippen molar-refractivity contribution in [3.8, 4) is 0 Å². The Hall–Kier alpha value is -1.76. The van der Waals surface area contributed by atoms with E-state index in [2.05, 4.69) is 16.0 Å². The van der Waals surface area contributed by atoms with Crippen LogP contribution in [0.4, 0.5) is 5.69 Å². The SMILES string of the molecule is O=C1COC2(CCN(Cc3cccnc3)CC2)CN1c1ccsc1. The Labute approximate surface area is 145 Å². The molecule has 0 N–H and O–H groups in total. The zero-order valence-electron chi connectivity index (χ0n) is 13.6. The number of morpholine rings is 1. The van der Waals surface area contributed by atoms with Crippen LogP contribution in [0.15, 0.2) is 41.4 Å². The summed E-state index contributed by atoms with van der Waals surface area (Å²) in [5, 5.41) is 4.05. The van der Waals surface area contributed by atoms with Gasteiger partial charge in [0, 0.05) is 37.4 Å². The third kappa shape index (κ3) is 3.22. The normalized spacial score (nSPS) is 21.3. The Morgan fingerprint density at radius 2 is 2.17 bits per heavy atom. The van der Waals surface area contributed by atoms with Gasteiger partial charge in [-0.25, -0.2) is 0 Å². The number of rotatable bonds is 3. The topological polar surface area (TPSA) is 45.7 Å². The van der Waals surface area contributed by atoms with Crippen molar-refractivity contribution in [2.75, 3.05) is 31.1 Å². The van der Waals surface area contributed by atoms with Crippen LogP contribution in [-0.4, -0.2) is 47.6 Å². The van der Waals surface area contributed by atoms with Gasteiger partial charge < -0.3 is 9.64 Å². The molecule has 2 aliphatic heterocycles. The quantitative estimate of drug-likeness (QED) is 0.859. The molecule has 4 heterocycles. The summed E-state index contributed by atoms with van der Waals surface area (Å²) < 4.78 is 6.02. The monoisotopic (exact) mass is 343 g/mol. The highest BCUT2D eigenvalue weighted by atomic mass is 32.1. The molecule has 4 rings (SSSR count). The summed E-state index contributed by atoms with van der Waals surface area (Å²) in [7, 11) is 0. The number of thiophene rings is 1. The number of hydrogen-bond donors (Lipinski definition) is 0.